The minimum Gasteiger partial charge on any atom is -0.512 e. The fourth-order valence-corrected chi connectivity index (χ4v) is 13.4. The molecule has 6 N–H and O–H groups in total. The summed E-state index contributed by atoms with van der Waals surface area (Å²) >= 11 is 0. The van der Waals surface area contributed by atoms with Crippen molar-refractivity contribution in [3.63, 3.8) is 0 Å². The minimum absolute atomic E-state index is 0. The van der Waals surface area contributed by atoms with E-state index >= 15 is 0 Å². The van der Waals surface area contributed by atoms with Gasteiger partial charge in [0.1, 0.15) is 0 Å². The predicted octanol–water partition coefficient (Wildman–Crippen LogP) is 21.9. The first-order chi connectivity index (χ1) is 48.0. The van der Waals surface area contributed by atoms with Gasteiger partial charge in [-0.25, -0.2) is 9.97 Å². The molecule has 2 radical (unpaired) electrons. The third kappa shape index (κ3) is 18.0. The topological polar surface area (TPSA) is 137 Å². The van der Waals surface area contributed by atoms with Crippen LogP contribution >= 0.6 is 0 Å². The molecule has 4 heterocycles. The number of nitrogens with one attached hydrogen (secondary N) is 2. The second-order valence-electron chi connectivity index (χ2n) is 27.0. The van der Waals surface area contributed by atoms with Crippen molar-refractivity contribution < 1.29 is 70.0 Å². The van der Waals surface area contributed by atoms with E-state index in [1.807, 2.05) is 30.3 Å². The van der Waals surface area contributed by atoms with Crippen molar-refractivity contribution in [3.05, 3.63) is 335 Å². The number of pyridine rings is 4. The number of nitrogens with zero attached hydrogens (tertiary/aromatic N) is 2. The molecule has 0 amide bonds. The van der Waals surface area contributed by atoms with Crippen molar-refractivity contribution in [1.29, 1.82) is 0 Å². The van der Waals surface area contributed by atoms with Crippen LogP contribution in [0.2, 0.25) is 0 Å². The van der Waals surface area contributed by atoms with Gasteiger partial charge in [0, 0.05) is 91.8 Å². The summed E-state index contributed by atoms with van der Waals surface area (Å²) in [5.74, 6) is 0.500. The molecule has 8 nitrogen and oxygen atoms in total. The maximum atomic E-state index is 8.40. The summed E-state index contributed by atoms with van der Waals surface area (Å²) in [6.07, 6.45) is 2.56. The van der Waals surface area contributed by atoms with Crippen LogP contribution in [0.15, 0.2) is 278 Å². The molecule has 0 atom stereocenters. The Morgan fingerprint density at radius 1 is 0.392 bits per heavy atom. The molecule has 0 unspecified atom stereocenters. The average molecular weight is 1700 g/mol. The molecule has 16 rings (SSSR count). The minimum atomic E-state index is 0. The van der Waals surface area contributed by atoms with Gasteiger partial charge in [0.15, 0.2) is 0 Å². The van der Waals surface area contributed by atoms with Gasteiger partial charge in [0.2, 0.25) is 22.4 Å². The Morgan fingerprint density at radius 3 is 1.29 bits per heavy atom. The molecule has 0 saturated carbocycles. The first-order valence-electron chi connectivity index (χ1n) is 33.8. The summed E-state index contributed by atoms with van der Waals surface area (Å²) in [6, 6.07) is 96.7. The van der Waals surface area contributed by atoms with Crippen molar-refractivity contribution in [2.75, 3.05) is 0 Å². The molecule has 0 spiro atoms. The Bertz CT molecular complexity index is 5070. The van der Waals surface area contributed by atoms with Crippen LogP contribution in [0, 0.1) is 39.8 Å². The standard InChI is InChI=1S/C24H19N.C24H18N.C17H15N.C17H14N.2C5H8O2.2Ir/c2*1-24(2)20-9-5-4-8-18(20)19-13-11-17(15-21(19)24)23-14-12-16-7-3-6-10-22(16)25-23;2*1-12-9-13(2)11-15(10-12)17-8-7-14-5-3-4-6-16(14)18-17;2*1-4(6)3-5(2)7;;/h3-15H,1-2H3;3-10,12-15H,1-2H3;3-11H,1-2H3;3-10H,1-2H3;2*3,6H,1-2H3;;/q;-1;;-1;;;;/p+4. The number of rotatable bonds is 6. The van der Waals surface area contributed by atoms with Crippen LogP contribution in [-0.2, 0) is 51.0 Å². The first-order valence-corrected chi connectivity index (χ1v) is 33.8. The van der Waals surface area contributed by atoms with Gasteiger partial charge in [-0.05, 0) is 144 Å². The molecule has 2 aliphatic rings. The Kier molecular flexibility index (Phi) is 24.8. The molecular formula is C92H86Ir2N4O4+2. The Labute approximate surface area is 626 Å². The molecule has 10 aromatic carbocycles. The molecule has 10 heteroatoms. The number of carbonyl (C=O) groups excluding carboxylic acids is 2. The largest absolute Gasteiger partial charge is 0.512 e. The van der Waals surface area contributed by atoms with Crippen molar-refractivity contribution >= 4 is 55.2 Å². The van der Waals surface area contributed by atoms with Crippen molar-refractivity contribution in [1.82, 2.24) is 9.97 Å². The van der Waals surface area contributed by atoms with E-state index < -0.39 is 0 Å². The number of aryl methyl sites for hydroxylation is 4. The number of aromatic nitrogens is 4. The molecule has 0 saturated heterocycles. The maximum Gasteiger partial charge on any atom is 0.316 e. The molecule has 4 aromatic heterocycles. The number of hydrogen-bond donors (Lipinski definition) is 2. The summed E-state index contributed by atoms with van der Waals surface area (Å²) in [4.78, 5) is 33.4. The number of H-pyrrole nitrogens is 2. The molecule has 14 aromatic rings. The fourth-order valence-electron chi connectivity index (χ4n) is 13.4. The third-order valence-electron chi connectivity index (χ3n) is 18.0. The van der Waals surface area contributed by atoms with Crippen LogP contribution in [0.3, 0.4) is 0 Å². The van der Waals surface area contributed by atoms with Crippen molar-refractivity contribution in [3.8, 4) is 67.3 Å². The number of ketones is 2. The van der Waals surface area contributed by atoms with Gasteiger partial charge in [-0.15, -0.1) is 64.2 Å². The number of para-hydroxylation sites is 4. The van der Waals surface area contributed by atoms with E-state index in [9.17, 15) is 0 Å². The second-order valence-corrected chi connectivity index (χ2v) is 27.0. The fraction of sp³-hybridized carbons (Fsp3) is 0.152. The molecule has 0 fully saturated rings. The van der Waals surface area contributed by atoms with Crippen LogP contribution in [0.1, 0.15) is 99.9 Å². The Hall–Kier alpha value is -10.4. The summed E-state index contributed by atoms with van der Waals surface area (Å²) in [6.45, 7) is 23.7. The normalized spacial score (nSPS) is 12.4. The molecule has 2 aliphatic carbocycles. The van der Waals surface area contributed by atoms with E-state index in [-0.39, 0.29) is 74.1 Å². The number of aromatic amines is 2. The van der Waals surface area contributed by atoms with Gasteiger partial charge >= 0.3 is 11.6 Å². The maximum absolute atomic E-state index is 8.40. The summed E-state index contributed by atoms with van der Waals surface area (Å²) < 4.78 is 0. The number of aliphatic hydroxyl groups excluding tert-OH is 2. The van der Waals surface area contributed by atoms with Gasteiger partial charge < -0.3 is 10.2 Å². The molecule has 102 heavy (non-hydrogen) atoms. The molecule has 514 valence electrons. The summed E-state index contributed by atoms with van der Waals surface area (Å²) in [5.41, 5.74) is 29.3. The number of fused-ring (bicyclic) bond motifs is 10. The van der Waals surface area contributed by atoms with Crippen LogP contribution in [0.5, 0.6) is 0 Å². The zero-order valence-electron chi connectivity index (χ0n) is 59.8. The Balaban J connectivity index is 0.000000149. The predicted molar refractivity (Wildman–Crippen MR) is 416 cm³/mol. The van der Waals surface area contributed by atoms with E-state index in [1.165, 1.54) is 150 Å². The number of benzene rings is 10. The smallest absolute Gasteiger partial charge is 0.316 e. The van der Waals surface area contributed by atoms with E-state index in [1.54, 1.807) is 0 Å². The molecule has 0 aliphatic heterocycles. The average Bonchev–Trinajstić information content (AvgIpc) is 1.59. The van der Waals surface area contributed by atoms with Crippen LogP contribution in [-0.4, -0.2) is 41.3 Å². The number of allylic oxidation sites excluding steroid dienone is 4. The van der Waals surface area contributed by atoms with Crippen LogP contribution in [0.4, 0.5) is 0 Å². The van der Waals surface area contributed by atoms with Crippen LogP contribution in [0.25, 0.3) is 111 Å². The zero-order valence-corrected chi connectivity index (χ0v) is 64.5. The third-order valence-corrected chi connectivity index (χ3v) is 18.0. The van der Waals surface area contributed by atoms with E-state index in [2.05, 4.69) is 302 Å². The van der Waals surface area contributed by atoms with Crippen LogP contribution < -0.4 is 9.97 Å². The summed E-state index contributed by atoms with van der Waals surface area (Å²) in [5, 5.41) is 21.6. The zero-order chi connectivity index (χ0) is 70.8. The van der Waals surface area contributed by atoms with Gasteiger partial charge in [-0.1, -0.05) is 209 Å². The van der Waals surface area contributed by atoms with Gasteiger partial charge in [-0.2, -0.15) is 0 Å². The second kappa shape index (κ2) is 33.4. The molecule has 0 bridgehead atoms. The van der Waals surface area contributed by atoms with E-state index in [0.717, 1.165) is 44.8 Å². The summed E-state index contributed by atoms with van der Waals surface area (Å²) in [7, 11) is 0. The van der Waals surface area contributed by atoms with Gasteiger partial charge in [0.05, 0.1) is 48.6 Å². The van der Waals surface area contributed by atoms with Gasteiger partial charge in [0.25, 0.3) is 0 Å². The Morgan fingerprint density at radius 2 is 0.804 bits per heavy atom. The van der Waals surface area contributed by atoms with Crippen molar-refractivity contribution in [2.24, 2.45) is 0 Å². The SMILES string of the molecule is CC(=[OH+])C=C(C)O.CC(=[OH+])C=C(C)O.CC1(C)c2ccccc2-c2c[c-]c(-c3ccc4ccccc4n3)cc21.CC1(C)c2ccccc2-c2ccc(-c3ccc4ccccc4[nH+]3)cc21.Cc1[c-]c(-c2ccc3ccccc3n2)cc(C)c1.Cc1cc(C)cc(-c2ccc3ccccc3[nH+]2)c1.[Ir].[Ir]. The quantitative estimate of drug-likeness (QED) is 0.0741. The van der Waals surface area contributed by atoms with Gasteiger partial charge in [-0.3, -0.25) is 19.6 Å². The number of hydrogen-bond acceptors (Lipinski definition) is 4. The number of aliphatic hydroxyl groups is 2. The van der Waals surface area contributed by atoms with E-state index in [4.69, 9.17) is 29.8 Å². The molecular weight excluding hydrogens is 1610 g/mol. The first kappa shape index (κ1) is 75.8. The van der Waals surface area contributed by atoms with Crippen molar-refractivity contribution in [2.45, 2.75) is 93.9 Å². The monoisotopic (exact) mass is 1700 g/mol. The van der Waals surface area contributed by atoms with E-state index in [0.29, 0.717) is 0 Å².